The normalized spacial score (nSPS) is 11.8. The summed E-state index contributed by atoms with van der Waals surface area (Å²) in [5, 5.41) is 25.1. The van der Waals surface area contributed by atoms with Gasteiger partial charge in [-0.2, -0.15) is 0 Å². The Labute approximate surface area is 200 Å². The fourth-order valence-electron chi connectivity index (χ4n) is 4.79. The van der Waals surface area contributed by atoms with Gasteiger partial charge >= 0.3 is 0 Å². The number of aliphatic hydroxyl groups is 2. The Morgan fingerprint density at radius 2 is 0.500 bits per heavy atom. The van der Waals surface area contributed by atoms with Gasteiger partial charge in [-0.25, -0.2) is 0 Å². The Bertz CT molecular complexity index is 1160. The Hall–Kier alpha value is -3.98. The molecule has 0 spiro atoms. The fraction of sp³-hybridized carbons (Fsp3) is 0.0625. The molecule has 5 aromatic rings. The number of hydrogen-bond donors (Lipinski definition) is 2. The molecule has 0 saturated carbocycles. The smallest absolute Gasteiger partial charge is 0.140 e. The molecular formula is C32H26O2. The van der Waals surface area contributed by atoms with E-state index >= 15 is 0 Å². The molecule has 2 nitrogen and oxygen atoms in total. The monoisotopic (exact) mass is 442 g/mol. The van der Waals surface area contributed by atoms with E-state index in [0.717, 1.165) is 22.3 Å². The van der Waals surface area contributed by atoms with Gasteiger partial charge < -0.3 is 10.2 Å². The minimum Gasteiger partial charge on any atom is -0.376 e. The van der Waals surface area contributed by atoms with E-state index in [4.69, 9.17) is 0 Å². The highest BCUT2D eigenvalue weighted by Gasteiger charge is 2.42. The summed E-state index contributed by atoms with van der Waals surface area (Å²) in [6, 6.07) is 46.2. The average Bonchev–Trinajstić information content (AvgIpc) is 2.94. The second-order valence-electron chi connectivity index (χ2n) is 8.43. The third-order valence-electron chi connectivity index (χ3n) is 6.47. The third-order valence-corrected chi connectivity index (χ3v) is 6.47. The molecular weight excluding hydrogens is 416 g/mol. The Kier molecular flexibility index (Phi) is 5.85. The summed E-state index contributed by atoms with van der Waals surface area (Å²) < 4.78 is 0. The van der Waals surface area contributed by atoms with Gasteiger partial charge in [-0.1, -0.05) is 146 Å². The summed E-state index contributed by atoms with van der Waals surface area (Å²) in [6.45, 7) is 0. The molecule has 0 bridgehead atoms. The number of hydrogen-bond acceptors (Lipinski definition) is 2. The quantitative estimate of drug-likeness (QED) is 0.305. The van der Waals surface area contributed by atoms with E-state index in [1.54, 1.807) is 0 Å². The van der Waals surface area contributed by atoms with Gasteiger partial charge in [0.1, 0.15) is 11.2 Å². The van der Waals surface area contributed by atoms with Gasteiger partial charge in [0, 0.05) is 0 Å². The zero-order valence-corrected chi connectivity index (χ0v) is 18.8. The molecule has 2 N–H and O–H groups in total. The molecule has 0 fully saturated rings. The maximum atomic E-state index is 12.6. The van der Waals surface area contributed by atoms with Crippen molar-refractivity contribution in [3.8, 4) is 0 Å². The lowest BCUT2D eigenvalue weighted by atomic mass is 9.71. The minimum atomic E-state index is -1.48. The SMILES string of the molecule is OC(c1ccccc1)(c1ccccc1)c1ccccc1C(O)(c1ccccc1)c1ccccc1. The zero-order chi connectivity index (χ0) is 23.4. The highest BCUT2D eigenvalue weighted by molar-refractivity contribution is 5.56. The molecule has 0 unspecified atom stereocenters. The third kappa shape index (κ3) is 3.63. The van der Waals surface area contributed by atoms with Gasteiger partial charge in [-0.15, -0.1) is 0 Å². The van der Waals surface area contributed by atoms with Crippen LogP contribution in [-0.4, -0.2) is 10.2 Å². The van der Waals surface area contributed by atoms with Crippen LogP contribution in [0.1, 0.15) is 33.4 Å². The summed E-state index contributed by atoms with van der Waals surface area (Å²) in [4.78, 5) is 0. The Morgan fingerprint density at radius 3 is 0.735 bits per heavy atom. The highest BCUT2D eigenvalue weighted by atomic mass is 16.3. The first-order valence-electron chi connectivity index (χ1n) is 11.4. The zero-order valence-electron chi connectivity index (χ0n) is 18.8. The first-order chi connectivity index (χ1) is 16.6. The second kappa shape index (κ2) is 9.11. The van der Waals surface area contributed by atoms with Crippen LogP contribution >= 0.6 is 0 Å². The van der Waals surface area contributed by atoms with Crippen LogP contribution in [0.3, 0.4) is 0 Å². The molecule has 0 atom stereocenters. The molecule has 0 aliphatic carbocycles. The number of rotatable bonds is 6. The molecule has 0 heterocycles. The van der Waals surface area contributed by atoms with E-state index in [-0.39, 0.29) is 0 Å². The maximum absolute atomic E-state index is 12.6. The summed E-state index contributed by atoms with van der Waals surface area (Å²) in [5.41, 5.74) is 1.24. The van der Waals surface area contributed by atoms with Crippen LogP contribution in [0.4, 0.5) is 0 Å². The van der Waals surface area contributed by atoms with Crippen molar-refractivity contribution in [2.75, 3.05) is 0 Å². The molecule has 0 aliphatic rings. The molecule has 0 amide bonds. The predicted octanol–water partition coefficient (Wildman–Crippen LogP) is 6.26. The van der Waals surface area contributed by atoms with Crippen LogP contribution in [0.25, 0.3) is 0 Å². The highest BCUT2D eigenvalue weighted by Crippen LogP contribution is 2.45. The Morgan fingerprint density at radius 1 is 0.294 bits per heavy atom. The second-order valence-corrected chi connectivity index (χ2v) is 8.43. The fourth-order valence-corrected chi connectivity index (χ4v) is 4.79. The van der Waals surface area contributed by atoms with Crippen molar-refractivity contribution in [2.24, 2.45) is 0 Å². The van der Waals surface area contributed by atoms with Crippen molar-refractivity contribution in [3.05, 3.63) is 179 Å². The van der Waals surface area contributed by atoms with E-state index in [0.29, 0.717) is 11.1 Å². The lowest BCUT2D eigenvalue weighted by molar-refractivity contribution is 0.100. The summed E-state index contributed by atoms with van der Waals surface area (Å²) in [7, 11) is 0. The lowest BCUT2D eigenvalue weighted by Gasteiger charge is -2.38. The first kappa shape index (κ1) is 21.8. The lowest BCUT2D eigenvalue weighted by Crippen LogP contribution is -2.36. The first-order valence-corrected chi connectivity index (χ1v) is 11.4. The molecule has 34 heavy (non-hydrogen) atoms. The average molecular weight is 443 g/mol. The predicted molar refractivity (Wildman–Crippen MR) is 136 cm³/mol. The molecule has 5 rings (SSSR count). The minimum absolute atomic E-state index is 0.627. The van der Waals surface area contributed by atoms with Crippen LogP contribution in [0.5, 0.6) is 0 Å². The summed E-state index contributed by atoms with van der Waals surface area (Å²) in [5.74, 6) is 0. The Balaban J connectivity index is 1.85. The van der Waals surface area contributed by atoms with E-state index in [2.05, 4.69) is 0 Å². The summed E-state index contributed by atoms with van der Waals surface area (Å²) in [6.07, 6.45) is 0. The van der Waals surface area contributed by atoms with Crippen LogP contribution in [-0.2, 0) is 11.2 Å². The maximum Gasteiger partial charge on any atom is 0.140 e. The molecule has 0 aromatic heterocycles. The van der Waals surface area contributed by atoms with E-state index in [9.17, 15) is 10.2 Å². The topological polar surface area (TPSA) is 40.5 Å². The molecule has 0 aliphatic heterocycles. The molecule has 0 radical (unpaired) electrons. The molecule has 2 heteroatoms. The van der Waals surface area contributed by atoms with E-state index < -0.39 is 11.2 Å². The van der Waals surface area contributed by atoms with Gasteiger partial charge in [0.15, 0.2) is 0 Å². The molecule has 5 aromatic carbocycles. The van der Waals surface area contributed by atoms with Crippen molar-refractivity contribution in [1.82, 2.24) is 0 Å². The van der Waals surface area contributed by atoms with Gasteiger partial charge in [-0.3, -0.25) is 0 Å². The van der Waals surface area contributed by atoms with Crippen LogP contribution in [0.15, 0.2) is 146 Å². The largest absolute Gasteiger partial charge is 0.376 e. The van der Waals surface area contributed by atoms with Gasteiger partial charge in [0.2, 0.25) is 0 Å². The van der Waals surface area contributed by atoms with Gasteiger partial charge in [-0.05, 0) is 33.4 Å². The van der Waals surface area contributed by atoms with Crippen molar-refractivity contribution in [3.63, 3.8) is 0 Å². The van der Waals surface area contributed by atoms with Crippen molar-refractivity contribution in [2.45, 2.75) is 11.2 Å². The van der Waals surface area contributed by atoms with Crippen LogP contribution in [0.2, 0.25) is 0 Å². The van der Waals surface area contributed by atoms with Crippen molar-refractivity contribution < 1.29 is 10.2 Å². The standard InChI is InChI=1S/C32H26O2/c33-31(25-15-5-1-6-16-25,26-17-7-2-8-18-26)29-23-13-14-24-30(29)32(34,27-19-9-3-10-20-27)28-21-11-4-12-22-28/h1-24,33-34H. The van der Waals surface area contributed by atoms with E-state index in [1.807, 2.05) is 146 Å². The van der Waals surface area contributed by atoms with Crippen LogP contribution in [0, 0.1) is 0 Å². The molecule has 0 saturated heterocycles. The van der Waals surface area contributed by atoms with Gasteiger partial charge in [0.25, 0.3) is 0 Å². The van der Waals surface area contributed by atoms with Crippen molar-refractivity contribution in [1.29, 1.82) is 0 Å². The van der Waals surface area contributed by atoms with Crippen LogP contribution < -0.4 is 0 Å². The molecule has 166 valence electrons. The van der Waals surface area contributed by atoms with E-state index in [1.165, 1.54) is 0 Å². The summed E-state index contributed by atoms with van der Waals surface area (Å²) >= 11 is 0. The number of benzene rings is 5. The van der Waals surface area contributed by atoms with Crippen molar-refractivity contribution >= 4 is 0 Å². The van der Waals surface area contributed by atoms with Gasteiger partial charge in [0.05, 0.1) is 0 Å².